The molecule has 0 saturated heterocycles. The first-order valence-electron chi connectivity index (χ1n) is 5.43. The lowest BCUT2D eigenvalue weighted by atomic mass is 10.2. The standard InChI is InChI=1S/C13H12N4O2/c1-13(2,3)19-12(18)11-8-17-10(4-5-16-11)9(6-14)7-15/h4-5,8H,1-3H3. The van der Waals surface area contributed by atoms with Crippen molar-refractivity contribution in [2.24, 2.45) is 9.98 Å². The molecule has 0 aromatic rings. The Kier molecular flexibility index (Phi) is 4.33. The monoisotopic (exact) mass is 256 g/mol. The lowest BCUT2D eigenvalue weighted by Crippen LogP contribution is -2.29. The summed E-state index contributed by atoms with van der Waals surface area (Å²) in [4.78, 5) is 19.5. The van der Waals surface area contributed by atoms with Crippen LogP contribution >= 0.6 is 0 Å². The lowest BCUT2D eigenvalue weighted by Gasteiger charge is -2.18. The van der Waals surface area contributed by atoms with E-state index in [0.29, 0.717) is 0 Å². The number of esters is 1. The van der Waals surface area contributed by atoms with Crippen molar-refractivity contribution in [3.8, 4) is 12.1 Å². The Morgan fingerprint density at radius 3 is 2.47 bits per heavy atom. The average Bonchev–Trinajstić information content (AvgIpc) is 2.54. The highest BCUT2D eigenvalue weighted by Gasteiger charge is 2.20. The summed E-state index contributed by atoms with van der Waals surface area (Å²) >= 11 is 0. The van der Waals surface area contributed by atoms with Gasteiger partial charge in [-0.2, -0.15) is 10.5 Å². The third kappa shape index (κ3) is 4.21. The highest BCUT2D eigenvalue weighted by Crippen LogP contribution is 2.11. The van der Waals surface area contributed by atoms with Gasteiger partial charge in [0.2, 0.25) is 0 Å². The number of carbonyl (C=O) groups is 1. The van der Waals surface area contributed by atoms with E-state index in [2.05, 4.69) is 9.98 Å². The molecule has 6 nitrogen and oxygen atoms in total. The van der Waals surface area contributed by atoms with Crippen molar-refractivity contribution >= 4 is 17.9 Å². The molecule has 96 valence electrons. The third-order valence-electron chi connectivity index (χ3n) is 1.86. The van der Waals surface area contributed by atoms with Crippen LogP contribution < -0.4 is 0 Å². The fraction of sp³-hybridized carbons (Fsp3) is 0.308. The van der Waals surface area contributed by atoms with Crippen molar-refractivity contribution < 1.29 is 9.53 Å². The molecule has 0 aromatic heterocycles. The molecule has 0 aromatic carbocycles. The molecule has 0 fully saturated rings. The van der Waals surface area contributed by atoms with E-state index < -0.39 is 11.6 Å². The number of allylic oxidation sites excluding steroid dienone is 2. The number of hydrogen-bond donors (Lipinski definition) is 0. The van der Waals surface area contributed by atoms with Gasteiger partial charge in [0.25, 0.3) is 0 Å². The Balaban J connectivity index is 2.99. The number of carbonyl (C=O) groups excluding carboxylic acids is 1. The number of rotatable bonds is 1. The van der Waals surface area contributed by atoms with E-state index in [-0.39, 0.29) is 17.0 Å². The second-order valence-corrected chi connectivity index (χ2v) is 4.57. The second-order valence-electron chi connectivity index (χ2n) is 4.57. The maximum atomic E-state index is 11.8. The van der Waals surface area contributed by atoms with Crippen molar-refractivity contribution in [2.75, 3.05) is 0 Å². The minimum atomic E-state index is -0.632. The summed E-state index contributed by atoms with van der Waals surface area (Å²) in [5.41, 5.74) is -0.607. The van der Waals surface area contributed by atoms with Crippen LogP contribution in [-0.4, -0.2) is 23.5 Å². The molecule has 1 aliphatic heterocycles. The fourth-order valence-electron chi connectivity index (χ4n) is 1.12. The van der Waals surface area contributed by atoms with E-state index in [1.807, 2.05) is 0 Å². The molecule has 0 radical (unpaired) electrons. The summed E-state index contributed by atoms with van der Waals surface area (Å²) < 4.78 is 5.14. The van der Waals surface area contributed by atoms with Crippen molar-refractivity contribution in [2.45, 2.75) is 26.4 Å². The lowest BCUT2D eigenvalue weighted by molar-refractivity contribution is -0.145. The third-order valence-corrected chi connectivity index (χ3v) is 1.86. The highest BCUT2D eigenvalue weighted by atomic mass is 16.6. The summed E-state index contributed by atoms with van der Waals surface area (Å²) in [6.45, 7) is 5.22. The first-order chi connectivity index (χ1) is 8.87. The molecule has 0 saturated carbocycles. The Morgan fingerprint density at radius 1 is 1.32 bits per heavy atom. The SMILES string of the molecule is CC(C)(C)OC(=O)C1=NC=CC(=C(C#N)C#N)N=C1. The highest BCUT2D eigenvalue weighted by molar-refractivity contribution is 6.59. The van der Waals surface area contributed by atoms with Crippen molar-refractivity contribution in [1.82, 2.24) is 0 Å². The van der Waals surface area contributed by atoms with Gasteiger partial charge in [0.1, 0.15) is 17.7 Å². The zero-order valence-electron chi connectivity index (χ0n) is 10.8. The van der Waals surface area contributed by atoms with Gasteiger partial charge in [-0.05, 0) is 26.8 Å². The molecule has 19 heavy (non-hydrogen) atoms. The minimum Gasteiger partial charge on any atom is -0.455 e. The molecule has 0 bridgehead atoms. The van der Waals surface area contributed by atoms with E-state index in [1.165, 1.54) is 18.5 Å². The molecular weight excluding hydrogens is 244 g/mol. The molecule has 0 amide bonds. The van der Waals surface area contributed by atoms with Gasteiger partial charge in [-0.1, -0.05) is 0 Å². The van der Waals surface area contributed by atoms with Gasteiger partial charge in [0.15, 0.2) is 11.3 Å². The van der Waals surface area contributed by atoms with Crippen molar-refractivity contribution in [3.63, 3.8) is 0 Å². The summed E-state index contributed by atoms with van der Waals surface area (Å²) in [7, 11) is 0. The molecular formula is C13H12N4O2. The van der Waals surface area contributed by atoms with Crippen LogP contribution in [0.3, 0.4) is 0 Å². The van der Waals surface area contributed by atoms with E-state index >= 15 is 0 Å². The van der Waals surface area contributed by atoms with Gasteiger partial charge < -0.3 is 4.74 Å². The number of aliphatic imine (C=N–C) groups is 2. The topological polar surface area (TPSA) is 98.6 Å². The van der Waals surface area contributed by atoms with Gasteiger partial charge in [0, 0.05) is 6.20 Å². The van der Waals surface area contributed by atoms with Crippen LogP contribution in [0.1, 0.15) is 20.8 Å². The van der Waals surface area contributed by atoms with Crippen LogP contribution in [0.5, 0.6) is 0 Å². The summed E-state index contributed by atoms with van der Waals surface area (Å²) in [5.74, 6) is -0.613. The van der Waals surface area contributed by atoms with Crippen molar-refractivity contribution in [1.29, 1.82) is 10.5 Å². The number of nitriles is 2. The molecule has 1 heterocycles. The van der Waals surface area contributed by atoms with Gasteiger partial charge in [-0.25, -0.2) is 9.79 Å². The Bertz CT molecular complexity index is 574. The Hall–Kier alpha value is -2.73. The molecule has 1 aliphatic rings. The summed E-state index contributed by atoms with van der Waals surface area (Å²) in [6.07, 6.45) is 3.87. The minimum absolute atomic E-state index is 0.0106. The quantitative estimate of drug-likeness (QED) is 0.526. The Labute approximate surface area is 111 Å². The van der Waals surface area contributed by atoms with Gasteiger partial charge in [-0.15, -0.1) is 0 Å². The fourth-order valence-corrected chi connectivity index (χ4v) is 1.12. The normalized spacial score (nSPS) is 13.9. The first-order valence-corrected chi connectivity index (χ1v) is 5.43. The van der Waals surface area contributed by atoms with Crippen molar-refractivity contribution in [3.05, 3.63) is 23.5 Å². The van der Waals surface area contributed by atoms with Crippen LogP contribution in [0.25, 0.3) is 0 Å². The van der Waals surface area contributed by atoms with E-state index in [4.69, 9.17) is 15.3 Å². The smallest absolute Gasteiger partial charge is 0.359 e. The predicted molar refractivity (Wildman–Crippen MR) is 69.2 cm³/mol. The average molecular weight is 256 g/mol. The van der Waals surface area contributed by atoms with E-state index in [9.17, 15) is 4.79 Å². The summed E-state index contributed by atoms with van der Waals surface area (Å²) in [5, 5.41) is 17.5. The maximum absolute atomic E-state index is 11.8. The molecule has 6 heteroatoms. The molecule has 0 unspecified atom stereocenters. The van der Waals surface area contributed by atoms with Crippen LogP contribution in [0.15, 0.2) is 33.5 Å². The largest absolute Gasteiger partial charge is 0.455 e. The molecule has 0 spiro atoms. The van der Waals surface area contributed by atoms with Crippen LogP contribution in [0.4, 0.5) is 0 Å². The number of hydrogen-bond acceptors (Lipinski definition) is 6. The zero-order chi connectivity index (χ0) is 14.5. The number of ether oxygens (including phenoxy) is 1. The molecule has 0 atom stereocenters. The second kappa shape index (κ2) is 5.74. The predicted octanol–water partition coefficient (Wildman–Crippen LogP) is 1.67. The first kappa shape index (κ1) is 14.3. The molecule has 0 aliphatic carbocycles. The molecule has 0 N–H and O–H groups in total. The van der Waals surface area contributed by atoms with Gasteiger partial charge in [0.05, 0.1) is 11.9 Å². The van der Waals surface area contributed by atoms with Crippen LogP contribution in [-0.2, 0) is 9.53 Å². The maximum Gasteiger partial charge on any atom is 0.359 e. The number of nitrogens with zero attached hydrogens (tertiary/aromatic N) is 4. The van der Waals surface area contributed by atoms with Crippen LogP contribution in [0, 0.1) is 22.7 Å². The van der Waals surface area contributed by atoms with E-state index in [1.54, 1.807) is 32.9 Å². The Morgan fingerprint density at radius 2 is 1.95 bits per heavy atom. The van der Waals surface area contributed by atoms with Gasteiger partial charge >= 0.3 is 5.97 Å². The summed E-state index contributed by atoms with van der Waals surface area (Å²) in [6, 6.07) is 3.44. The van der Waals surface area contributed by atoms with Gasteiger partial charge in [-0.3, -0.25) is 4.99 Å². The zero-order valence-corrected chi connectivity index (χ0v) is 10.8. The van der Waals surface area contributed by atoms with Crippen LogP contribution in [0.2, 0.25) is 0 Å². The molecule has 1 rings (SSSR count). The van der Waals surface area contributed by atoms with E-state index in [0.717, 1.165) is 0 Å².